The van der Waals surface area contributed by atoms with Gasteiger partial charge in [-0.1, -0.05) is 100 Å². The van der Waals surface area contributed by atoms with Crippen molar-refractivity contribution in [2.24, 2.45) is 0 Å². The van der Waals surface area contributed by atoms with E-state index in [0.717, 1.165) is 56.4 Å². The van der Waals surface area contributed by atoms with Crippen LogP contribution in [0.15, 0.2) is 72.8 Å². The van der Waals surface area contributed by atoms with Gasteiger partial charge in [0, 0.05) is 34.5 Å². The molecule has 0 aromatic heterocycles. The molecule has 0 saturated heterocycles. The van der Waals surface area contributed by atoms with E-state index in [1.807, 2.05) is 12.1 Å². The zero-order chi connectivity index (χ0) is 35.9. The van der Waals surface area contributed by atoms with E-state index >= 15 is 0 Å². The minimum Gasteiger partial charge on any atom is -0.396 e. The Labute approximate surface area is 313 Å². The fraction of sp³-hybridized carbons (Fsp3) is 0.333. The number of aliphatic hydroxyl groups excluding tert-OH is 4. The molecule has 4 nitrogen and oxygen atoms in total. The molecule has 0 aliphatic rings. The Bertz CT molecular complexity index is 1380. The summed E-state index contributed by atoms with van der Waals surface area (Å²) in [5.74, 6) is -0.938. The van der Waals surface area contributed by atoms with Crippen LogP contribution in [0.25, 0.3) is 0 Å². The lowest BCUT2D eigenvalue weighted by Crippen LogP contribution is -1.98. The molecule has 4 aromatic carbocycles. The monoisotopic (exact) mass is 928 g/mol. The maximum atomic E-state index is 13.1. The molecule has 0 heterocycles. The Balaban J connectivity index is 0.000000320. The topological polar surface area (TPSA) is 80.9 Å². The Morgan fingerprint density at radius 1 is 0.417 bits per heavy atom. The van der Waals surface area contributed by atoms with Crippen LogP contribution >= 0.6 is 63.7 Å². The first-order valence-electron chi connectivity index (χ1n) is 14.9. The first-order valence-corrected chi connectivity index (χ1v) is 19.4. The highest BCUT2D eigenvalue weighted by molar-refractivity contribution is 9.09. The highest BCUT2D eigenvalue weighted by Crippen LogP contribution is 2.17. The van der Waals surface area contributed by atoms with E-state index in [1.54, 1.807) is 18.2 Å². The molecule has 264 valence electrons. The van der Waals surface area contributed by atoms with E-state index in [2.05, 4.69) is 63.7 Å². The normalized spacial score (nSPS) is 10.2. The van der Waals surface area contributed by atoms with Gasteiger partial charge in [-0.05, 0) is 107 Å². The molecule has 0 atom stereocenters. The Morgan fingerprint density at radius 3 is 1.35 bits per heavy atom. The van der Waals surface area contributed by atoms with Crippen LogP contribution in [0.1, 0.15) is 44.5 Å². The van der Waals surface area contributed by atoms with Crippen molar-refractivity contribution in [2.75, 3.05) is 23.9 Å². The van der Waals surface area contributed by atoms with Gasteiger partial charge in [-0.25, -0.2) is 17.6 Å². The summed E-state index contributed by atoms with van der Waals surface area (Å²) in [6.45, 7) is -0.323. The molecule has 4 rings (SSSR count). The summed E-state index contributed by atoms with van der Waals surface area (Å²) < 4.78 is 51.4. The summed E-state index contributed by atoms with van der Waals surface area (Å²) >= 11 is 13.3. The summed E-state index contributed by atoms with van der Waals surface area (Å²) in [6, 6.07) is 18.7. The van der Waals surface area contributed by atoms with Gasteiger partial charge in [0.05, 0.1) is 13.2 Å². The van der Waals surface area contributed by atoms with Crippen LogP contribution in [-0.2, 0) is 49.6 Å². The Morgan fingerprint density at radius 2 is 0.875 bits per heavy atom. The molecule has 0 amide bonds. The molecule has 0 fully saturated rings. The van der Waals surface area contributed by atoms with Gasteiger partial charge >= 0.3 is 0 Å². The lowest BCUT2D eigenvalue weighted by atomic mass is 10.1. The molecular formula is C36H40Br4F4O4. The van der Waals surface area contributed by atoms with E-state index in [-0.39, 0.29) is 49.7 Å². The average molecular weight is 932 g/mol. The maximum absolute atomic E-state index is 13.1. The van der Waals surface area contributed by atoms with Crippen LogP contribution in [0, 0.1) is 23.3 Å². The van der Waals surface area contributed by atoms with E-state index < -0.39 is 0 Å². The van der Waals surface area contributed by atoms with Crippen molar-refractivity contribution >= 4 is 63.7 Å². The molecule has 0 spiro atoms. The molecular weight excluding hydrogens is 892 g/mol. The number of aryl methyl sites for hydroxylation is 2. The molecule has 0 aliphatic heterocycles. The van der Waals surface area contributed by atoms with Crippen molar-refractivity contribution in [3.63, 3.8) is 0 Å². The predicted molar refractivity (Wildman–Crippen MR) is 199 cm³/mol. The highest BCUT2D eigenvalue weighted by atomic mass is 79.9. The summed E-state index contributed by atoms with van der Waals surface area (Å²) in [4.78, 5) is 0. The third kappa shape index (κ3) is 16.8. The molecule has 12 heteroatoms. The van der Waals surface area contributed by atoms with Gasteiger partial charge in [0.1, 0.15) is 23.3 Å². The molecule has 0 saturated carbocycles. The van der Waals surface area contributed by atoms with Crippen molar-refractivity contribution in [3.8, 4) is 0 Å². The fourth-order valence-electron chi connectivity index (χ4n) is 4.20. The molecule has 4 aromatic rings. The van der Waals surface area contributed by atoms with Crippen LogP contribution in [-0.4, -0.2) is 44.3 Å². The zero-order valence-corrected chi connectivity index (χ0v) is 32.6. The second-order valence-corrected chi connectivity index (χ2v) is 12.8. The van der Waals surface area contributed by atoms with Gasteiger partial charge in [0.25, 0.3) is 0 Å². The molecule has 0 radical (unpaired) electrons. The number of hydrogen-bond acceptors (Lipinski definition) is 4. The summed E-state index contributed by atoms with van der Waals surface area (Å²) in [6.07, 6.45) is 2.29. The number of rotatable bonds is 12. The minimum absolute atomic E-state index is 0.0313. The summed E-state index contributed by atoms with van der Waals surface area (Å²) in [5.41, 5.74) is 6.59. The number of hydrogen-bond donors (Lipinski definition) is 4. The fourth-order valence-corrected chi connectivity index (χ4v) is 5.95. The van der Waals surface area contributed by atoms with Crippen LogP contribution < -0.4 is 0 Å². The predicted octanol–water partition coefficient (Wildman–Crippen LogP) is 9.02. The maximum Gasteiger partial charge on any atom is 0.126 e. The van der Waals surface area contributed by atoms with E-state index in [9.17, 15) is 17.6 Å². The SMILES string of the molecule is Fc1ccc(CBr)c(CCBr)c1.Fc1ccc(CBr)cc1CCBr.OCCc1cc(CO)ccc1F.OCCc1cc(F)ccc1CO. The van der Waals surface area contributed by atoms with Crippen molar-refractivity contribution in [3.05, 3.63) is 141 Å². The number of halogens is 8. The molecule has 0 aliphatic carbocycles. The Kier molecular flexibility index (Phi) is 24.2. The van der Waals surface area contributed by atoms with Crippen molar-refractivity contribution in [1.82, 2.24) is 0 Å². The number of alkyl halides is 4. The lowest BCUT2D eigenvalue weighted by molar-refractivity contribution is 0.275. The smallest absolute Gasteiger partial charge is 0.126 e. The quantitative estimate of drug-likeness (QED) is 0.0846. The highest BCUT2D eigenvalue weighted by Gasteiger charge is 2.04. The Hall–Kier alpha value is -1.64. The van der Waals surface area contributed by atoms with Crippen LogP contribution in [0.2, 0.25) is 0 Å². The second kappa shape index (κ2) is 26.2. The van der Waals surface area contributed by atoms with Crippen LogP contribution in [0.5, 0.6) is 0 Å². The van der Waals surface area contributed by atoms with E-state index in [1.165, 1.54) is 42.5 Å². The number of benzene rings is 4. The van der Waals surface area contributed by atoms with Gasteiger partial charge in [-0.2, -0.15) is 0 Å². The van der Waals surface area contributed by atoms with E-state index in [0.29, 0.717) is 35.1 Å². The molecule has 4 N–H and O–H groups in total. The van der Waals surface area contributed by atoms with Crippen LogP contribution in [0.3, 0.4) is 0 Å². The van der Waals surface area contributed by atoms with Gasteiger partial charge < -0.3 is 20.4 Å². The lowest BCUT2D eigenvalue weighted by Gasteiger charge is -2.04. The third-order valence-electron chi connectivity index (χ3n) is 6.70. The van der Waals surface area contributed by atoms with Gasteiger partial charge in [-0.3, -0.25) is 0 Å². The third-order valence-corrected chi connectivity index (χ3v) is 8.74. The molecule has 48 heavy (non-hydrogen) atoms. The molecule has 0 bridgehead atoms. The average Bonchev–Trinajstić information content (AvgIpc) is 3.08. The van der Waals surface area contributed by atoms with Crippen molar-refractivity contribution in [1.29, 1.82) is 0 Å². The summed E-state index contributed by atoms with van der Waals surface area (Å²) in [5, 5.41) is 38.0. The summed E-state index contributed by atoms with van der Waals surface area (Å²) in [7, 11) is 0. The van der Waals surface area contributed by atoms with Gasteiger partial charge in [0.2, 0.25) is 0 Å². The first-order chi connectivity index (χ1) is 23.1. The van der Waals surface area contributed by atoms with E-state index in [4.69, 9.17) is 20.4 Å². The first kappa shape index (κ1) is 44.4. The molecule has 0 unspecified atom stereocenters. The largest absolute Gasteiger partial charge is 0.396 e. The standard InChI is InChI=1S/2C9H9Br2F.2C9H11FO2/c10-4-3-7-5-9(12)2-1-8(7)6-11;10-4-3-8-5-7(6-11)1-2-9(8)12;10-9-2-1-8(6-12)7(5-9)3-4-11;10-9-2-1-7(6-12)5-8(9)3-4-11/h2*1-2,5H,3-4,6H2;2*1-2,5,11-12H,3-4,6H2. The van der Waals surface area contributed by atoms with Gasteiger partial charge in [-0.15, -0.1) is 0 Å². The van der Waals surface area contributed by atoms with Crippen molar-refractivity contribution < 1.29 is 38.0 Å². The second-order valence-electron chi connectivity index (χ2n) is 10.1. The number of aliphatic hydroxyl groups is 4. The van der Waals surface area contributed by atoms with Gasteiger partial charge in [0.15, 0.2) is 0 Å². The minimum atomic E-state index is -0.337. The van der Waals surface area contributed by atoms with Crippen LogP contribution in [0.4, 0.5) is 17.6 Å². The van der Waals surface area contributed by atoms with Crippen molar-refractivity contribution in [2.45, 2.75) is 49.6 Å². The zero-order valence-electron chi connectivity index (χ0n) is 26.2.